The summed E-state index contributed by atoms with van der Waals surface area (Å²) >= 11 is 0. The zero-order chi connectivity index (χ0) is 10.2. The summed E-state index contributed by atoms with van der Waals surface area (Å²) < 4.78 is 5.34. The Kier molecular flexibility index (Phi) is 5.56. The molecule has 0 spiro atoms. The van der Waals surface area contributed by atoms with Gasteiger partial charge in [-0.05, 0) is 18.8 Å². The number of hydrogen-bond acceptors (Lipinski definition) is 3. The van der Waals surface area contributed by atoms with Gasteiger partial charge in [0.05, 0.1) is 6.61 Å². The summed E-state index contributed by atoms with van der Waals surface area (Å²) in [4.78, 5) is 11.0. The molecule has 0 aromatic heterocycles. The fourth-order valence-electron chi connectivity index (χ4n) is 1.85. The number of ether oxygens (including phenoxy) is 1. The molecule has 0 aliphatic heterocycles. The van der Waals surface area contributed by atoms with E-state index in [9.17, 15) is 4.79 Å². The molecule has 1 fully saturated rings. The van der Waals surface area contributed by atoms with Gasteiger partial charge in [0.25, 0.3) is 5.91 Å². The summed E-state index contributed by atoms with van der Waals surface area (Å²) in [6.45, 7) is 0.897. The van der Waals surface area contributed by atoms with Crippen molar-refractivity contribution >= 4 is 5.91 Å². The highest BCUT2D eigenvalue weighted by molar-refractivity contribution is 5.76. The van der Waals surface area contributed by atoms with Crippen molar-refractivity contribution < 1.29 is 9.53 Å². The number of nitrogens with one attached hydrogen (secondary N) is 2. The molecule has 1 saturated carbocycles. The number of carbonyl (C=O) groups is 1. The molecule has 4 heteroatoms. The van der Waals surface area contributed by atoms with Crippen LogP contribution in [0.4, 0.5) is 0 Å². The Morgan fingerprint density at radius 2 is 2.07 bits per heavy atom. The zero-order valence-electron chi connectivity index (χ0n) is 8.84. The zero-order valence-corrected chi connectivity index (χ0v) is 8.84. The lowest BCUT2D eigenvalue weighted by Gasteiger charge is -2.20. The normalized spacial score (nSPS) is 18.1. The summed E-state index contributed by atoms with van der Waals surface area (Å²) in [6.07, 6.45) is 6.51. The lowest BCUT2D eigenvalue weighted by molar-refractivity contribution is -0.127. The van der Waals surface area contributed by atoms with Gasteiger partial charge < -0.3 is 4.74 Å². The van der Waals surface area contributed by atoms with Gasteiger partial charge in [-0.3, -0.25) is 10.2 Å². The van der Waals surface area contributed by atoms with Gasteiger partial charge in [0.2, 0.25) is 0 Å². The molecule has 0 aromatic rings. The molecule has 1 rings (SSSR count). The summed E-state index contributed by atoms with van der Waals surface area (Å²) in [5, 5.41) is 0. The van der Waals surface area contributed by atoms with Crippen LogP contribution in [0.3, 0.4) is 0 Å². The van der Waals surface area contributed by atoms with Crippen molar-refractivity contribution in [3.8, 4) is 0 Å². The Morgan fingerprint density at radius 3 is 2.71 bits per heavy atom. The van der Waals surface area contributed by atoms with E-state index in [4.69, 9.17) is 4.74 Å². The summed E-state index contributed by atoms with van der Waals surface area (Å²) in [6, 6.07) is 0. The first-order valence-corrected chi connectivity index (χ1v) is 5.36. The van der Waals surface area contributed by atoms with Gasteiger partial charge in [-0.2, -0.15) is 0 Å². The molecule has 1 aliphatic rings. The van der Waals surface area contributed by atoms with Crippen LogP contribution in [0.5, 0.6) is 0 Å². The lowest BCUT2D eigenvalue weighted by atomic mass is 9.90. The molecule has 0 atom stereocenters. The van der Waals surface area contributed by atoms with E-state index < -0.39 is 0 Å². The van der Waals surface area contributed by atoms with Crippen LogP contribution in [0.25, 0.3) is 0 Å². The van der Waals surface area contributed by atoms with Crippen molar-refractivity contribution in [2.45, 2.75) is 32.1 Å². The van der Waals surface area contributed by atoms with Gasteiger partial charge in [0, 0.05) is 7.05 Å². The van der Waals surface area contributed by atoms with E-state index >= 15 is 0 Å². The standard InChI is InChI=1S/C10H20N2O2/c1-11-12-10(13)8-14-7-9-5-3-2-4-6-9/h9,11H,2-8H2,1H3,(H,12,13). The monoisotopic (exact) mass is 200 g/mol. The van der Waals surface area contributed by atoms with Crippen LogP contribution in [0, 0.1) is 5.92 Å². The van der Waals surface area contributed by atoms with Crippen molar-refractivity contribution in [3.63, 3.8) is 0 Å². The predicted molar refractivity (Wildman–Crippen MR) is 54.6 cm³/mol. The maximum Gasteiger partial charge on any atom is 0.260 e. The Balaban J connectivity index is 1.99. The fraction of sp³-hybridized carbons (Fsp3) is 0.900. The Bertz CT molecular complexity index is 168. The van der Waals surface area contributed by atoms with Gasteiger partial charge >= 0.3 is 0 Å². The quantitative estimate of drug-likeness (QED) is 0.646. The van der Waals surface area contributed by atoms with E-state index in [0.29, 0.717) is 5.92 Å². The maximum atomic E-state index is 11.0. The third kappa shape index (κ3) is 4.58. The summed E-state index contributed by atoms with van der Waals surface area (Å²) in [5.41, 5.74) is 5.05. The minimum atomic E-state index is -0.108. The van der Waals surface area contributed by atoms with E-state index in [1.54, 1.807) is 7.05 Å². The molecule has 82 valence electrons. The van der Waals surface area contributed by atoms with Crippen LogP contribution >= 0.6 is 0 Å². The molecule has 0 bridgehead atoms. The minimum absolute atomic E-state index is 0.108. The van der Waals surface area contributed by atoms with Crippen molar-refractivity contribution in [2.75, 3.05) is 20.3 Å². The van der Waals surface area contributed by atoms with E-state index in [1.165, 1.54) is 32.1 Å². The fourth-order valence-corrected chi connectivity index (χ4v) is 1.85. The molecule has 0 radical (unpaired) electrons. The second kappa shape index (κ2) is 6.79. The van der Waals surface area contributed by atoms with Crippen LogP contribution in [0.2, 0.25) is 0 Å². The third-order valence-electron chi connectivity index (χ3n) is 2.58. The molecule has 2 N–H and O–H groups in total. The Morgan fingerprint density at radius 1 is 1.36 bits per heavy atom. The second-order valence-corrected chi connectivity index (χ2v) is 3.82. The van der Waals surface area contributed by atoms with Crippen LogP contribution < -0.4 is 10.9 Å². The number of hydrogen-bond donors (Lipinski definition) is 2. The van der Waals surface area contributed by atoms with Gasteiger partial charge in [0.15, 0.2) is 0 Å². The SMILES string of the molecule is CNNC(=O)COCC1CCCCC1. The lowest BCUT2D eigenvalue weighted by Crippen LogP contribution is -2.37. The first-order valence-electron chi connectivity index (χ1n) is 5.36. The molecular weight excluding hydrogens is 180 g/mol. The van der Waals surface area contributed by atoms with Crippen LogP contribution in [0.15, 0.2) is 0 Å². The van der Waals surface area contributed by atoms with Gasteiger partial charge in [-0.15, -0.1) is 0 Å². The maximum absolute atomic E-state index is 11.0. The highest BCUT2D eigenvalue weighted by Gasteiger charge is 2.13. The van der Waals surface area contributed by atoms with Crippen molar-refractivity contribution in [1.82, 2.24) is 10.9 Å². The first kappa shape index (κ1) is 11.5. The van der Waals surface area contributed by atoms with E-state index in [0.717, 1.165) is 6.61 Å². The van der Waals surface area contributed by atoms with Gasteiger partial charge in [-0.25, -0.2) is 5.43 Å². The highest BCUT2D eigenvalue weighted by Crippen LogP contribution is 2.23. The molecule has 4 nitrogen and oxygen atoms in total. The van der Waals surface area contributed by atoms with E-state index in [1.807, 2.05) is 0 Å². The highest BCUT2D eigenvalue weighted by atomic mass is 16.5. The van der Waals surface area contributed by atoms with Crippen LogP contribution in [0.1, 0.15) is 32.1 Å². The van der Waals surface area contributed by atoms with Gasteiger partial charge in [-0.1, -0.05) is 19.3 Å². The number of hydrazine groups is 1. The van der Waals surface area contributed by atoms with E-state index in [2.05, 4.69) is 10.9 Å². The molecule has 0 aromatic carbocycles. The summed E-state index contributed by atoms with van der Waals surface area (Å²) in [5.74, 6) is 0.564. The van der Waals surface area contributed by atoms with Crippen LogP contribution in [-0.4, -0.2) is 26.2 Å². The molecular formula is C10H20N2O2. The Hall–Kier alpha value is -0.610. The smallest absolute Gasteiger partial charge is 0.260 e. The largest absolute Gasteiger partial charge is 0.371 e. The van der Waals surface area contributed by atoms with Crippen molar-refractivity contribution in [3.05, 3.63) is 0 Å². The molecule has 1 amide bonds. The number of carbonyl (C=O) groups excluding carboxylic acids is 1. The van der Waals surface area contributed by atoms with Gasteiger partial charge in [0.1, 0.15) is 6.61 Å². The molecule has 1 aliphatic carbocycles. The van der Waals surface area contributed by atoms with Crippen molar-refractivity contribution in [1.29, 1.82) is 0 Å². The number of amides is 1. The first-order chi connectivity index (χ1) is 6.83. The minimum Gasteiger partial charge on any atom is -0.371 e. The van der Waals surface area contributed by atoms with Crippen LogP contribution in [-0.2, 0) is 9.53 Å². The average molecular weight is 200 g/mol. The van der Waals surface area contributed by atoms with E-state index in [-0.39, 0.29) is 12.5 Å². The average Bonchev–Trinajstić information content (AvgIpc) is 2.20. The topological polar surface area (TPSA) is 50.4 Å². The Labute approximate surface area is 85.4 Å². The van der Waals surface area contributed by atoms with Crippen molar-refractivity contribution in [2.24, 2.45) is 5.92 Å². The molecule has 0 heterocycles. The third-order valence-corrected chi connectivity index (χ3v) is 2.58. The molecule has 0 unspecified atom stereocenters. The molecule has 14 heavy (non-hydrogen) atoms. The summed E-state index contributed by atoms with van der Waals surface area (Å²) in [7, 11) is 1.67. The predicted octanol–water partition coefficient (Wildman–Crippen LogP) is 0.834. The second-order valence-electron chi connectivity index (χ2n) is 3.82. The number of rotatable bonds is 5. The molecule has 0 saturated heterocycles.